The third kappa shape index (κ3) is 3.42. The van der Waals surface area contributed by atoms with Gasteiger partial charge in [0.1, 0.15) is 0 Å². The fraction of sp³-hybridized carbons (Fsp3) is 0.176. The summed E-state index contributed by atoms with van der Waals surface area (Å²) in [6.07, 6.45) is 5.21. The van der Waals surface area contributed by atoms with Crippen LogP contribution in [0.15, 0.2) is 48.9 Å². The minimum Gasteiger partial charge on any atom is -0.350 e. The van der Waals surface area contributed by atoms with Gasteiger partial charge in [0, 0.05) is 25.1 Å². The summed E-state index contributed by atoms with van der Waals surface area (Å²) in [6, 6.07) is 9.95. The zero-order valence-electron chi connectivity index (χ0n) is 13.0. The number of aryl methyl sites for hydroxylation is 1. The standard InChI is InChI=1S/C17H17N5O/c1-12-16(13(2)23)11-19-17(21-12)18-10-14-5-3-6-15(9-14)22-8-4-7-20-22/h3-9,11H,10H2,1-2H3,(H,18,19,21). The van der Waals surface area contributed by atoms with Crippen LogP contribution in [0.4, 0.5) is 5.95 Å². The van der Waals surface area contributed by atoms with E-state index in [9.17, 15) is 4.79 Å². The van der Waals surface area contributed by atoms with Crippen LogP contribution in [-0.2, 0) is 6.54 Å². The first kappa shape index (κ1) is 14.9. The van der Waals surface area contributed by atoms with Gasteiger partial charge in [-0.3, -0.25) is 4.79 Å². The first-order valence-corrected chi connectivity index (χ1v) is 7.31. The van der Waals surface area contributed by atoms with Crippen LogP contribution in [0.5, 0.6) is 0 Å². The molecule has 0 aliphatic heterocycles. The van der Waals surface area contributed by atoms with Crippen LogP contribution < -0.4 is 5.32 Å². The maximum atomic E-state index is 11.4. The Morgan fingerprint density at radius 2 is 2.17 bits per heavy atom. The summed E-state index contributed by atoms with van der Waals surface area (Å²) in [5, 5.41) is 7.40. The fourth-order valence-electron chi connectivity index (χ4n) is 2.31. The van der Waals surface area contributed by atoms with Gasteiger partial charge in [-0.1, -0.05) is 12.1 Å². The number of nitrogens with zero attached hydrogens (tertiary/aromatic N) is 4. The summed E-state index contributed by atoms with van der Waals surface area (Å²) in [5.74, 6) is 0.484. The van der Waals surface area contributed by atoms with Gasteiger partial charge in [-0.2, -0.15) is 5.10 Å². The molecule has 0 atom stereocenters. The van der Waals surface area contributed by atoms with E-state index in [1.165, 1.54) is 6.92 Å². The summed E-state index contributed by atoms with van der Waals surface area (Å²) < 4.78 is 1.81. The van der Waals surface area contributed by atoms with Crippen molar-refractivity contribution in [2.45, 2.75) is 20.4 Å². The smallest absolute Gasteiger partial charge is 0.223 e. The molecule has 1 N–H and O–H groups in total. The van der Waals surface area contributed by atoms with Crippen molar-refractivity contribution in [1.82, 2.24) is 19.7 Å². The highest BCUT2D eigenvalue weighted by Gasteiger charge is 2.07. The van der Waals surface area contributed by atoms with E-state index < -0.39 is 0 Å². The topological polar surface area (TPSA) is 72.7 Å². The number of hydrogen-bond acceptors (Lipinski definition) is 5. The number of Topliss-reactive ketones (excluding diaryl/α,β-unsaturated/α-hetero) is 1. The van der Waals surface area contributed by atoms with Gasteiger partial charge in [0.2, 0.25) is 5.95 Å². The Labute approximate surface area is 134 Å². The van der Waals surface area contributed by atoms with Gasteiger partial charge in [-0.05, 0) is 37.6 Å². The third-order valence-corrected chi connectivity index (χ3v) is 3.49. The van der Waals surface area contributed by atoms with Crippen molar-refractivity contribution in [1.29, 1.82) is 0 Å². The van der Waals surface area contributed by atoms with Gasteiger partial charge >= 0.3 is 0 Å². The number of ketones is 1. The van der Waals surface area contributed by atoms with E-state index in [1.54, 1.807) is 12.4 Å². The molecule has 23 heavy (non-hydrogen) atoms. The number of carbonyl (C=O) groups is 1. The zero-order chi connectivity index (χ0) is 16.2. The van der Waals surface area contributed by atoms with Crippen molar-refractivity contribution >= 4 is 11.7 Å². The quantitative estimate of drug-likeness (QED) is 0.734. The maximum absolute atomic E-state index is 11.4. The molecule has 0 bridgehead atoms. The lowest BCUT2D eigenvalue weighted by Crippen LogP contribution is -2.08. The summed E-state index contributed by atoms with van der Waals surface area (Å²) in [6.45, 7) is 3.91. The van der Waals surface area contributed by atoms with Gasteiger partial charge in [0.05, 0.1) is 16.9 Å². The fourth-order valence-corrected chi connectivity index (χ4v) is 2.31. The van der Waals surface area contributed by atoms with Crippen LogP contribution >= 0.6 is 0 Å². The first-order chi connectivity index (χ1) is 11.1. The molecule has 3 rings (SSSR count). The van der Waals surface area contributed by atoms with Crippen LogP contribution in [0.25, 0.3) is 5.69 Å². The molecule has 2 aromatic heterocycles. The van der Waals surface area contributed by atoms with Crippen molar-refractivity contribution in [3.05, 3.63) is 65.7 Å². The number of benzene rings is 1. The Morgan fingerprint density at radius 3 is 2.87 bits per heavy atom. The highest BCUT2D eigenvalue weighted by Crippen LogP contribution is 2.12. The lowest BCUT2D eigenvalue weighted by molar-refractivity contribution is 0.101. The molecule has 0 saturated carbocycles. The highest BCUT2D eigenvalue weighted by atomic mass is 16.1. The summed E-state index contributed by atoms with van der Waals surface area (Å²) in [4.78, 5) is 19.9. The predicted molar refractivity (Wildman–Crippen MR) is 87.7 cm³/mol. The minimum atomic E-state index is -0.0269. The predicted octanol–water partition coefficient (Wildman–Crippen LogP) is 2.79. The Hall–Kier alpha value is -3.02. The molecule has 0 unspecified atom stereocenters. The number of aromatic nitrogens is 4. The second-order valence-corrected chi connectivity index (χ2v) is 5.22. The molecule has 0 fully saturated rings. The summed E-state index contributed by atoms with van der Waals surface area (Å²) in [7, 11) is 0. The van der Waals surface area contributed by atoms with Crippen molar-refractivity contribution in [2.24, 2.45) is 0 Å². The molecular weight excluding hydrogens is 290 g/mol. The van der Waals surface area contributed by atoms with Gasteiger partial charge in [0.25, 0.3) is 0 Å². The maximum Gasteiger partial charge on any atom is 0.223 e. The SMILES string of the molecule is CC(=O)c1cnc(NCc2cccc(-n3cccn3)c2)nc1C. The molecule has 0 radical (unpaired) electrons. The van der Waals surface area contributed by atoms with Crippen LogP contribution in [0.2, 0.25) is 0 Å². The molecule has 0 amide bonds. The van der Waals surface area contributed by atoms with E-state index in [1.807, 2.05) is 42.1 Å². The number of hydrogen-bond donors (Lipinski definition) is 1. The molecular formula is C17H17N5O. The van der Waals surface area contributed by atoms with Crippen LogP contribution in [0.3, 0.4) is 0 Å². The largest absolute Gasteiger partial charge is 0.350 e. The Kier molecular flexibility index (Phi) is 4.14. The zero-order valence-corrected chi connectivity index (χ0v) is 13.0. The Bertz CT molecular complexity index is 827. The van der Waals surface area contributed by atoms with Crippen LogP contribution in [0.1, 0.15) is 28.5 Å². The molecule has 3 aromatic rings. The third-order valence-electron chi connectivity index (χ3n) is 3.49. The molecule has 116 valence electrons. The van der Waals surface area contributed by atoms with E-state index in [-0.39, 0.29) is 5.78 Å². The van der Waals surface area contributed by atoms with Crippen LogP contribution in [-0.4, -0.2) is 25.5 Å². The van der Waals surface area contributed by atoms with E-state index >= 15 is 0 Å². The molecule has 2 heterocycles. The number of anilines is 1. The van der Waals surface area contributed by atoms with Gasteiger partial charge in [-0.15, -0.1) is 0 Å². The van der Waals surface area contributed by atoms with Crippen molar-refractivity contribution < 1.29 is 4.79 Å². The number of carbonyl (C=O) groups excluding carboxylic acids is 1. The molecule has 1 aromatic carbocycles. The number of nitrogens with one attached hydrogen (secondary N) is 1. The minimum absolute atomic E-state index is 0.0269. The molecule has 0 aliphatic carbocycles. The Balaban J connectivity index is 1.72. The van der Waals surface area contributed by atoms with Crippen molar-refractivity contribution in [3.8, 4) is 5.69 Å². The Morgan fingerprint density at radius 1 is 1.30 bits per heavy atom. The average Bonchev–Trinajstić information content (AvgIpc) is 3.07. The van der Waals surface area contributed by atoms with Gasteiger partial charge in [0.15, 0.2) is 5.78 Å². The van der Waals surface area contributed by atoms with E-state index in [2.05, 4.69) is 26.4 Å². The van der Waals surface area contributed by atoms with E-state index in [0.717, 1.165) is 11.3 Å². The molecule has 0 saturated heterocycles. The molecule has 0 spiro atoms. The van der Waals surface area contributed by atoms with Gasteiger partial charge < -0.3 is 5.32 Å². The second kappa shape index (κ2) is 6.39. The second-order valence-electron chi connectivity index (χ2n) is 5.22. The van der Waals surface area contributed by atoms with Crippen molar-refractivity contribution in [3.63, 3.8) is 0 Å². The van der Waals surface area contributed by atoms with Crippen molar-refractivity contribution in [2.75, 3.05) is 5.32 Å². The summed E-state index contributed by atoms with van der Waals surface area (Å²) >= 11 is 0. The molecule has 0 aliphatic rings. The molecule has 6 heteroatoms. The average molecular weight is 307 g/mol. The first-order valence-electron chi connectivity index (χ1n) is 7.31. The van der Waals surface area contributed by atoms with Gasteiger partial charge in [-0.25, -0.2) is 14.6 Å². The lowest BCUT2D eigenvalue weighted by atomic mass is 10.2. The van der Waals surface area contributed by atoms with E-state index in [0.29, 0.717) is 23.8 Å². The lowest BCUT2D eigenvalue weighted by Gasteiger charge is -2.08. The monoisotopic (exact) mass is 307 g/mol. The van der Waals surface area contributed by atoms with Crippen LogP contribution in [0, 0.1) is 6.92 Å². The summed E-state index contributed by atoms with van der Waals surface area (Å²) in [5.41, 5.74) is 3.32. The van der Waals surface area contributed by atoms with E-state index in [4.69, 9.17) is 0 Å². The number of rotatable bonds is 5. The molecule has 6 nitrogen and oxygen atoms in total. The normalized spacial score (nSPS) is 10.5. The highest BCUT2D eigenvalue weighted by molar-refractivity contribution is 5.94.